The molecule has 2 nitrogen and oxygen atoms in total. The number of hydrogen-bond acceptors (Lipinski definition) is 2. The second-order valence-corrected chi connectivity index (χ2v) is 6.22. The highest BCUT2D eigenvalue weighted by Gasteiger charge is 2.35. The number of methoxy groups -OCH3 is 1. The van der Waals surface area contributed by atoms with Crippen molar-refractivity contribution in [2.45, 2.75) is 67.1 Å². The van der Waals surface area contributed by atoms with E-state index in [1.54, 1.807) is 7.11 Å². The third-order valence-corrected chi connectivity index (χ3v) is 4.66. The Kier molecular flexibility index (Phi) is 7.16. The molecule has 0 radical (unpaired) electrons. The van der Waals surface area contributed by atoms with Crippen molar-refractivity contribution in [1.82, 2.24) is 0 Å². The van der Waals surface area contributed by atoms with E-state index in [2.05, 4.69) is 47.6 Å². The van der Waals surface area contributed by atoms with Crippen molar-refractivity contribution in [2.75, 3.05) is 7.11 Å². The first-order valence-electron chi connectivity index (χ1n) is 7.07. The Morgan fingerprint density at radius 2 is 1.78 bits per heavy atom. The summed E-state index contributed by atoms with van der Waals surface area (Å²) in [5.74, 6) is 0.648. The van der Waals surface area contributed by atoms with Gasteiger partial charge in [0.2, 0.25) is 0 Å². The lowest BCUT2D eigenvalue weighted by Gasteiger charge is -2.38. The average molecular weight is 256 g/mol. The first-order valence-corrected chi connectivity index (χ1v) is 7.07. The lowest BCUT2D eigenvalue weighted by molar-refractivity contribution is -0.0136. The van der Waals surface area contributed by atoms with Crippen molar-refractivity contribution >= 4 is 0 Å². The molecule has 0 saturated carbocycles. The van der Waals surface area contributed by atoms with Gasteiger partial charge in [0.1, 0.15) is 0 Å². The van der Waals surface area contributed by atoms with E-state index in [0.29, 0.717) is 5.92 Å². The average Bonchev–Trinajstić information content (AvgIpc) is 2.34. The molecule has 4 atom stereocenters. The lowest BCUT2D eigenvalue weighted by Crippen LogP contribution is -2.39. The van der Waals surface area contributed by atoms with E-state index in [0.717, 1.165) is 6.42 Å². The molecule has 2 heteroatoms. The molecule has 0 aromatic rings. The first kappa shape index (κ1) is 17.7. The minimum absolute atomic E-state index is 0.0682. The minimum Gasteiger partial charge on any atom is -0.392 e. The minimum atomic E-state index is -0.327. The maximum Gasteiger partial charge on any atom is 0.0750 e. The monoisotopic (exact) mass is 256 g/mol. The van der Waals surface area contributed by atoms with Crippen LogP contribution in [0.1, 0.15) is 54.9 Å². The Hall–Kier alpha value is -0.340. The number of aliphatic hydroxyl groups is 1. The summed E-state index contributed by atoms with van der Waals surface area (Å²) in [6, 6.07) is 0. The van der Waals surface area contributed by atoms with E-state index in [-0.39, 0.29) is 23.5 Å². The van der Waals surface area contributed by atoms with Gasteiger partial charge in [0.25, 0.3) is 0 Å². The first-order chi connectivity index (χ1) is 8.18. The summed E-state index contributed by atoms with van der Waals surface area (Å²) >= 11 is 0. The third-order valence-electron chi connectivity index (χ3n) is 4.66. The Balaban J connectivity index is 4.84. The van der Waals surface area contributed by atoms with E-state index in [4.69, 9.17) is 4.74 Å². The van der Waals surface area contributed by atoms with E-state index in [1.165, 1.54) is 5.57 Å². The summed E-state index contributed by atoms with van der Waals surface area (Å²) in [7, 11) is 1.71. The number of aliphatic hydroxyl groups excluding tert-OH is 1. The molecule has 0 aliphatic carbocycles. The molecule has 0 aliphatic rings. The van der Waals surface area contributed by atoms with Gasteiger partial charge in [0.15, 0.2) is 0 Å². The van der Waals surface area contributed by atoms with Crippen molar-refractivity contribution in [3.8, 4) is 0 Å². The lowest BCUT2D eigenvalue weighted by atomic mass is 9.70. The van der Waals surface area contributed by atoms with Crippen LogP contribution in [0.2, 0.25) is 0 Å². The van der Waals surface area contributed by atoms with Gasteiger partial charge in [-0.05, 0) is 30.8 Å². The van der Waals surface area contributed by atoms with Gasteiger partial charge in [-0.1, -0.05) is 47.1 Å². The number of rotatable bonds is 7. The summed E-state index contributed by atoms with van der Waals surface area (Å²) < 4.78 is 5.30. The zero-order valence-corrected chi connectivity index (χ0v) is 13.4. The molecule has 0 unspecified atom stereocenters. The Morgan fingerprint density at radius 3 is 2.17 bits per heavy atom. The van der Waals surface area contributed by atoms with Crippen LogP contribution in [0.3, 0.4) is 0 Å². The van der Waals surface area contributed by atoms with Gasteiger partial charge in [0.05, 0.1) is 12.2 Å². The summed E-state index contributed by atoms with van der Waals surface area (Å²) in [6.07, 6.45) is 3.02. The molecule has 1 N–H and O–H groups in total. The van der Waals surface area contributed by atoms with Crippen LogP contribution in [0.25, 0.3) is 0 Å². The molecule has 0 rings (SSSR count). The molecular weight excluding hydrogens is 224 g/mol. The fraction of sp³-hybridized carbons (Fsp3) is 0.875. The molecule has 0 aliphatic heterocycles. The molecule has 18 heavy (non-hydrogen) atoms. The second kappa shape index (κ2) is 7.30. The molecule has 108 valence electrons. The van der Waals surface area contributed by atoms with E-state index in [9.17, 15) is 5.11 Å². The highest BCUT2D eigenvalue weighted by Crippen LogP contribution is 2.36. The molecule has 0 aromatic carbocycles. The highest BCUT2D eigenvalue weighted by molar-refractivity contribution is 5.08. The molecule has 0 bridgehead atoms. The maximum atomic E-state index is 10.6. The van der Waals surface area contributed by atoms with Crippen LogP contribution in [-0.2, 0) is 4.74 Å². The topological polar surface area (TPSA) is 29.5 Å². The maximum absolute atomic E-state index is 10.6. The summed E-state index contributed by atoms with van der Waals surface area (Å²) in [4.78, 5) is 0. The zero-order chi connectivity index (χ0) is 14.5. The van der Waals surface area contributed by atoms with Gasteiger partial charge in [-0.15, -0.1) is 0 Å². The Morgan fingerprint density at radius 1 is 1.28 bits per heavy atom. The van der Waals surface area contributed by atoms with Crippen LogP contribution >= 0.6 is 0 Å². The molecule has 0 saturated heterocycles. The molecule has 0 fully saturated rings. The van der Waals surface area contributed by atoms with E-state index in [1.807, 2.05) is 6.92 Å². The molecule has 0 amide bonds. The van der Waals surface area contributed by atoms with E-state index < -0.39 is 0 Å². The van der Waals surface area contributed by atoms with Gasteiger partial charge in [-0.3, -0.25) is 0 Å². The van der Waals surface area contributed by atoms with Crippen molar-refractivity contribution < 1.29 is 9.84 Å². The molecule has 0 spiro atoms. The normalized spacial score (nSPS) is 20.4. The van der Waals surface area contributed by atoms with Gasteiger partial charge in [-0.2, -0.15) is 0 Å². The summed E-state index contributed by atoms with van der Waals surface area (Å²) in [5, 5.41) is 10.6. The fourth-order valence-electron chi connectivity index (χ4n) is 2.32. The Bertz CT molecular complexity index is 268. The summed E-state index contributed by atoms with van der Waals surface area (Å²) in [6.45, 7) is 14.9. The van der Waals surface area contributed by atoms with Crippen LogP contribution in [0, 0.1) is 17.3 Å². The van der Waals surface area contributed by atoms with E-state index >= 15 is 0 Å². The van der Waals surface area contributed by atoms with Crippen molar-refractivity contribution in [3.63, 3.8) is 0 Å². The summed E-state index contributed by atoms with van der Waals surface area (Å²) in [5.41, 5.74) is 1.12. The van der Waals surface area contributed by atoms with Crippen LogP contribution in [-0.4, -0.2) is 24.4 Å². The predicted octanol–water partition coefficient (Wildman–Crippen LogP) is 4.04. The van der Waals surface area contributed by atoms with Gasteiger partial charge in [0, 0.05) is 13.0 Å². The van der Waals surface area contributed by atoms with Gasteiger partial charge < -0.3 is 9.84 Å². The number of hydrogen-bond donors (Lipinski definition) is 1. The highest BCUT2D eigenvalue weighted by atomic mass is 16.5. The molecule has 0 heterocycles. The Labute approximate surface area is 113 Å². The van der Waals surface area contributed by atoms with Gasteiger partial charge in [-0.25, -0.2) is 0 Å². The van der Waals surface area contributed by atoms with Crippen LogP contribution in [0.5, 0.6) is 0 Å². The van der Waals surface area contributed by atoms with Crippen LogP contribution in [0.15, 0.2) is 11.6 Å². The number of ether oxygens (including phenoxy) is 1. The van der Waals surface area contributed by atoms with Crippen molar-refractivity contribution in [3.05, 3.63) is 11.6 Å². The third kappa shape index (κ3) is 4.40. The van der Waals surface area contributed by atoms with Crippen molar-refractivity contribution in [1.29, 1.82) is 0 Å². The van der Waals surface area contributed by atoms with Crippen molar-refractivity contribution in [2.24, 2.45) is 17.3 Å². The molecular formula is C16H32O2. The largest absolute Gasteiger partial charge is 0.392 e. The second-order valence-electron chi connectivity index (χ2n) is 6.22. The molecule has 0 aromatic heterocycles. The smallest absolute Gasteiger partial charge is 0.0750 e. The van der Waals surface area contributed by atoms with Crippen LogP contribution < -0.4 is 0 Å². The quantitative estimate of drug-likeness (QED) is 0.697. The SMILES string of the molecule is CC[C@H](C)C(C)(C)[C@@H](O)[C@@H](C)/C=C(\C)[C@H](C)OC. The standard InChI is InChI=1S/C16H32O2/c1-9-13(4)16(6,7)15(17)12(3)10-11(2)14(5)18-8/h10,12-15,17H,9H2,1-8H3/b11-10+/t12-,13-,14-,15-/m0/s1. The zero-order valence-electron chi connectivity index (χ0n) is 13.4. The fourth-order valence-corrected chi connectivity index (χ4v) is 2.32. The van der Waals surface area contributed by atoms with Crippen LogP contribution in [0.4, 0.5) is 0 Å². The predicted molar refractivity (Wildman–Crippen MR) is 78.6 cm³/mol. The van der Waals surface area contributed by atoms with Gasteiger partial charge >= 0.3 is 0 Å².